The lowest BCUT2D eigenvalue weighted by atomic mass is 9.83. The lowest BCUT2D eigenvalue weighted by molar-refractivity contribution is 0.297. The number of nitrogens with zero attached hydrogens (tertiary/aromatic N) is 4. The lowest BCUT2D eigenvalue weighted by Crippen LogP contribution is -2.50. The van der Waals surface area contributed by atoms with Crippen LogP contribution in [-0.4, -0.2) is 33.5 Å². The third kappa shape index (κ3) is 2.88. The van der Waals surface area contributed by atoms with Crippen molar-refractivity contribution in [1.82, 2.24) is 14.3 Å². The Labute approximate surface area is 124 Å². The second-order valence-corrected chi connectivity index (χ2v) is 5.73. The zero-order valence-corrected chi connectivity index (χ0v) is 13.1. The largest absolute Gasteiger partial charge is 0.348 e. The molecule has 0 saturated heterocycles. The van der Waals surface area contributed by atoms with Crippen LogP contribution in [0.5, 0.6) is 0 Å². The predicted molar refractivity (Wildman–Crippen MR) is 82.5 cm³/mol. The number of nitrogens with two attached hydrogens (primary N) is 1. The van der Waals surface area contributed by atoms with Crippen molar-refractivity contribution >= 4 is 5.82 Å². The van der Waals surface area contributed by atoms with Gasteiger partial charge in [0.2, 0.25) is 5.82 Å². The molecule has 7 nitrogen and oxygen atoms in total. The number of hydrogen-bond donors (Lipinski definition) is 1. The van der Waals surface area contributed by atoms with Gasteiger partial charge in [-0.25, -0.2) is 9.48 Å². The molecule has 0 spiro atoms. The van der Waals surface area contributed by atoms with Crippen LogP contribution in [0, 0.1) is 5.92 Å². The van der Waals surface area contributed by atoms with Crippen molar-refractivity contribution in [3.63, 3.8) is 0 Å². The van der Waals surface area contributed by atoms with E-state index in [4.69, 9.17) is 5.73 Å². The molecule has 1 saturated carbocycles. The molecule has 0 radical (unpaired) electrons. The molecule has 2 N–H and O–H groups in total. The van der Waals surface area contributed by atoms with Crippen LogP contribution in [-0.2, 0) is 14.1 Å². The van der Waals surface area contributed by atoms with Gasteiger partial charge in [0.25, 0.3) is 5.56 Å². The standard InChI is InChI=1S/C14H25N5O2/c1-4-19(11-8-6-5-7-10(11)9-15)12-13(20)17(2)14(21)18(3)16-12/h10-11H,4-9,15H2,1-3H3. The number of aromatic nitrogens is 3. The van der Waals surface area contributed by atoms with E-state index in [0.717, 1.165) is 23.8 Å². The van der Waals surface area contributed by atoms with Gasteiger partial charge in [-0.05, 0) is 32.2 Å². The molecule has 1 aliphatic rings. The highest BCUT2D eigenvalue weighted by Crippen LogP contribution is 2.29. The highest BCUT2D eigenvalue weighted by molar-refractivity contribution is 5.36. The van der Waals surface area contributed by atoms with E-state index in [1.807, 2.05) is 11.8 Å². The fourth-order valence-electron chi connectivity index (χ4n) is 3.28. The maximum Gasteiger partial charge on any atom is 0.346 e. The highest BCUT2D eigenvalue weighted by atomic mass is 16.2. The monoisotopic (exact) mass is 295 g/mol. The van der Waals surface area contributed by atoms with Gasteiger partial charge in [-0.15, -0.1) is 5.10 Å². The molecule has 0 aromatic carbocycles. The molecule has 2 rings (SSSR count). The quantitative estimate of drug-likeness (QED) is 0.833. The Morgan fingerprint density at radius 3 is 2.57 bits per heavy atom. The smallest absolute Gasteiger partial charge is 0.346 e. The summed E-state index contributed by atoms with van der Waals surface area (Å²) in [5, 5.41) is 4.20. The van der Waals surface area contributed by atoms with Gasteiger partial charge in [0.05, 0.1) is 0 Å². The minimum absolute atomic E-state index is 0.228. The van der Waals surface area contributed by atoms with Crippen molar-refractivity contribution in [2.75, 3.05) is 18.0 Å². The Balaban J connectivity index is 2.46. The molecule has 1 aromatic rings. The molecule has 1 fully saturated rings. The van der Waals surface area contributed by atoms with E-state index in [1.54, 1.807) is 7.05 Å². The summed E-state index contributed by atoms with van der Waals surface area (Å²) in [6.45, 7) is 3.31. The summed E-state index contributed by atoms with van der Waals surface area (Å²) >= 11 is 0. The number of aryl methyl sites for hydroxylation is 1. The SMILES string of the molecule is CCN(c1nn(C)c(=O)n(C)c1=O)C1CCCCC1CN. The molecule has 1 aromatic heterocycles. The molecule has 1 heterocycles. The Kier molecular flexibility index (Phi) is 4.82. The summed E-state index contributed by atoms with van der Waals surface area (Å²) < 4.78 is 2.34. The summed E-state index contributed by atoms with van der Waals surface area (Å²) in [6, 6.07) is 0.228. The minimum atomic E-state index is -0.404. The van der Waals surface area contributed by atoms with E-state index in [1.165, 1.54) is 18.2 Å². The summed E-state index contributed by atoms with van der Waals surface area (Å²) in [6.07, 6.45) is 4.44. The lowest BCUT2D eigenvalue weighted by Gasteiger charge is -2.39. The van der Waals surface area contributed by atoms with E-state index >= 15 is 0 Å². The first-order valence-electron chi connectivity index (χ1n) is 7.62. The van der Waals surface area contributed by atoms with Gasteiger partial charge in [-0.2, -0.15) is 0 Å². The predicted octanol–water partition coefficient (Wildman–Crippen LogP) is -0.177. The Bertz CT molecular complexity index is 606. The molecule has 7 heteroatoms. The van der Waals surface area contributed by atoms with Crippen molar-refractivity contribution in [3.05, 3.63) is 20.8 Å². The van der Waals surface area contributed by atoms with Crippen LogP contribution >= 0.6 is 0 Å². The first-order valence-corrected chi connectivity index (χ1v) is 7.62. The summed E-state index contributed by atoms with van der Waals surface area (Å²) in [5.41, 5.74) is 5.16. The van der Waals surface area contributed by atoms with Crippen LogP contribution in [0.25, 0.3) is 0 Å². The van der Waals surface area contributed by atoms with Crippen LogP contribution in [0.2, 0.25) is 0 Å². The third-order valence-electron chi connectivity index (χ3n) is 4.49. The van der Waals surface area contributed by atoms with Crippen molar-refractivity contribution < 1.29 is 0 Å². The van der Waals surface area contributed by atoms with Crippen LogP contribution in [0.4, 0.5) is 5.82 Å². The minimum Gasteiger partial charge on any atom is -0.348 e. The molecule has 1 aliphatic carbocycles. The van der Waals surface area contributed by atoms with Crippen LogP contribution in [0.1, 0.15) is 32.6 Å². The van der Waals surface area contributed by atoms with Crippen LogP contribution < -0.4 is 21.9 Å². The highest BCUT2D eigenvalue weighted by Gasteiger charge is 2.31. The maximum absolute atomic E-state index is 12.4. The molecule has 0 bridgehead atoms. The van der Waals surface area contributed by atoms with E-state index in [9.17, 15) is 9.59 Å². The van der Waals surface area contributed by atoms with Crippen molar-refractivity contribution in [1.29, 1.82) is 0 Å². The average Bonchev–Trinajstić information content (AvgIpc) is 2.51. The van der Waals surface area contributed by atoms with Gasteiger partial charge in [0.15, 0.2) is 0 Å². The van der Waals surface area contributed by atoms with Gasteiger partial charge >= 0.3 is 5.69 Å². The Hall–Kier alpha value is -1.63. The summed E-state index contributed by atoms with van der Waals surface area (Å²) in [7, 11) is 3.06. The Morgan fingerprint density at radius 2 is 1.95 bits per heavy atom. The Morgan fingerprint density at radius 1 is 1.29 bits per heavy atom. The van der Waals surface area contributed by atoms with Crippen molar-refractivity contribution in [2.45, 2.75) is 38.6 Å². The van der Waals surface area contributed by atoms with E-state index in [0.29, 0.717) is 24.8 Å². The topological polar surface area (TPSA) is 86.2 Å². The molecular weight excluding hydrogens is 270 g/mol. The summed E-state index contributed by atoms with van der Waals surface area (Å²) in [5.74, 6) is 0.731. The molecule has 0 aliphatic heterocycles. The second-order valence-electron chi connectivity index (χ2n) is 5.73. The summed E-state index contributed by atoms with van der Waals surface area (Å²) in [4.78, 5) is 26.2. The fourth-order valence-corrected chi connectivity index (χ4v) is 3.28. The number of anilines is 1. The maximum atomic E-state index is 12.4. The van der Waals surface area contributed by atoms with E-state index < -0.39 is 5.69 Å². The second kappa shape index (κ2) is 6.43. The van der Waals surface area contributed by atoms with Gasteiger partial charge in [-0.1, -0.05) is 12.8 Å². The first-order chi connectivity index (χ1) is 10.0. The van der Waals surface area contributed by atoms with Gasteiger partial charge in [-0.3, -0.25) is 9.36 Å². The van der Waals surface area contributed by atoms with E-state index in [2.05, 4.69) is 5.10 Å². The fraction of sp³-hybridized carbons (Fsp3) is 0.786. The van der Waals surface area contributed by atoms with E-state index in [-0.39, 0.29) is 11.6 Å². The van der Waals surface area contributed by atoms with Gasteiger partial charge in [0.1, 0.15) is 0 Å². The average molecular weight is 295 g/mol. The molecule has 0 amide bonds. The normalized spacial score (nSPS) is 22.3. The van der Waals surface area contributed by atoms with Crippen molar-refractivity contribution in [3.8, 4) is 0 Å². The molecule has 118 valence electrons. The molecule has 2 unspecified atom stereocenters. The van der Waals surface area contributed by atoms with Crippen LogP contribution in [0.3, 0.4) is 0 Å². The first kappa shape index (κ1) is 15.8. The van der Waals surface area contributed by atoms with Crippen LogP contribution in [0.15, 0.2) is 9.59 Å². The van der Waals surface area contributed by atoms with Crippen molar-refractivity contribution in [2.24, 2.45) is 25.7 Å². The molecule has 21 heavy (non-hydrogen) atoms. The number of rotatable bonds is 4. The zero-order chi connectivity index (χ0) is 15.6. The number of hydrogen-bond acceptors (Lipinski definition) is 5. The van der Waals surface area contributed by atoms with Gasteiger partial charge < -0.3 is 10.6 Å². The molecular formula is C14H25N5O2. The zero-order valence-electron chi connectivity index (χ0n) is 13.1. The third-order valence-corrected chi connectivity index (χ3v) is 4.49. The molecule has 2 atom stereocenters. The van der Waals surface area contributed by atoms with Gasteiger partial charge in [0, 0.05) is 26.7 Å².